The van der Waals surface area contributed by atoms with E-state index in [4.69, 9.17) is 9.84 Å². The second-order valence-corrected chi connectivity index (χ2v) is 10.3. The van der Waals surface area contributed by atoms with Crippen LogP contribution in [0.1, 0.15) is 63.0 Å². The number of benzene rings is 2. The molecule has 1 heterocycles. The van der Waals surface area contributed by atoms with Gasteiger partial charge in [-0.05, 0) is 61.3 Å². The van der Waals surface area contributed by atoms with Crippen molar-refractivity contribution in [1.29, 1.82) is 0 Å². The number of hydrogen-bond acceptors (Lipinski definition) is 4. The van der Waals surface area contributed by atoms with Gasteiger partial charge in [-0.15, -0.1) is 0 Å². The second-order valence-electron chi connectivity index (χ2n) is 10.3. The number of alkyl carbamates (subject to hydrolysis) is 1. The summed E-state index contributed by atoms with van der Waals surface area (Å²) < 4.78 is 5.65. The lowest BCUT2D eigenvalue weighted by atomic mass is 9.93. The van der Waals surface area contributed by atoms with E-state index in [1.54, 1.807) is 4.90 Å². The van der Waals surface area contributed by atoms with Crippen LogP contribution in [0.25, 0.3) is 11.1 Å². The van der Waals surface area contributed by atoms with Crippen molar-refractivity contribution >= 4 is 18.0 Å². The van der Waals surface area contributed by atoms with Crippen LogP contribution in [0.15, 0.2) is 48.5 Å². The zero-order valence-electron chi connectivity index (χ0n) is 20.5. The van der Waals surface area contributed by atoms with E-state index in [1.165, 1.54) is 11.1 Å². The Morgan fingerprint density at radius 1 is 1.06 bits per heavy atom. The Hall–Kier alpha value is -3.35. The molecule has 0 spiro atoms. The monoisotopic (exact) mass is 478 g/mol. The molecule has 2 aliphatic rings. The van der Waals surface area contributed by atoms with Gasteiger partial charge in [0.05, 0.1) is 0 Å². The minimum Gasteiger partial charge on any atom is -0.481 e. The third-order valence-electron chi connectivity index (χ3n) is 7.08. The molecule has 2 aromatic rings. The van der Waals surface area contributed by atoms with E-state index in [-0.39, 0.29) is 37.2 Å². The summed E-state index contributed by atoms with van der Waals surface area (Å²) in [5.74, 6) is -0.812. The third kappa shape index (κ3) is 6.02. The van der Waals surface area contributed by atoms with Crippen molar-refractivity contribution in [2.75, 3.05) is 19.7 Å². The van der Waals surface area contributed by atoms with Crippen molar-refractivity contribution in [3.05, 3.63) is 59.7 Å². The average molecular weight is 479 g/mol. The predicted molar refractivity (Wildman–Crippen MR) is 133 cm³/mol. The molecular formula is C28H34N2O5. The van der Waals surface area contributed by atoms with Gasteiger partial charge >= 0.3 is 12.1 Å². The molecule has 1 saturated heterocycles. The number of amides is 2. The van der Waals surface area contributed by atoms with Crippen molar-refractivity contribution in [3.63, 3.8) is 0 Å². The lowest BCUT2D eigenvalue weighted by Crippen LogP contribution is -2.46. The number of carbonyl (C=O) groups is 3. The van der Waals surface area contributed by atoms with E-state index >= 15 is 0 Å². The van der Waals surface area contributed by atoms with E-state index in [2.05, 4.69) is 29.6 Å². The van der Waals surface area contributed by atoms with Crippen molar-refractivity contribution < 1.29 is 24.2 Å². The Balaban J connectivity index is 1.27. The van der Waals surface area contributed by atoms with Crippen molar-refractivity contribution in [1.82, 2.24) is 10.2 Å². The minimum atomic E-state index is -0.822. The fraction of sp³-hybridized carbons (Fsp3) is 0.464. The molecule has 0 aromatic heterocycles. The Kier molecular flexibility index (Phi) is 7.43. The van der Waals surface area contributed by atoms with E-state index in [0.29, 0.717) is 19.5 Å². The molecule has 35 heavy (non-hydrogen) atoms. The first-order valence-corrected chi connectivity index (χ1v) is 12.4. The number of nitrogens with zero attached hydrogens (tertiary/aromatic N) is 1. The number of fused-ring (bicyclic) bond motifs is 3. The Labute approximate surface area is 206 Å². The van der Waals surface area contributed by atoms with Crippen LogP contribution < -0.4 is 5.32 Å². The molecule has 1 unspecified atom stereocenters. The Morgan fingerprint density at radius 3 is 2.31 bits per heavy atom. The maximum Gasteiger partial charge on any atom is 0.407 e. The normalized spacial score (nSPS) is 17.4. The van der Waals surface area contributed by atoms with Gasteiger partial charge in [-0.25, -0.2) is 4.79 Å². The van der Waals surface area contributed by atoms with Gasteiger partial charge in [0, 0.05) is 37.4 Å². The van der Waals surface area contributed by atoms with Crippen LogP contribution in [0, 0.1) is 5.92 Å². The van der Waals surface area contributed by atoms with E-state index in [9.17, 15) is 14.4 Å². The summed E-state index contributed by atoms with van der Waals surface area (Å²) >= 11 is 0. The first-order chi connectivity index (χ1) is 16.7. The summed E-state index contributed by atoms with van der Waals surface area (Å²) in [7, 11) is 0. The van der Waals surface area contributed by atoms with E-state index in [0.717, 1.165) is 24.0 Å². The first-order valence-electron chi connectivity index (χ1n) is 12.4. The molecule has 2 N–H and O–H groups in total. The predicted octanol–water partition coefficient (Wildman–Crippen LogP) is 4.80. The number of piperidine rings is 1. The maximum absolute atomic E-state index is 12.7. The molecule has 7 nitrogen and oxygen atoms in total. The van der Waals surface area contributed by atoms with Crippen molar-refractivity contribution in [3.8, 4) is 11.1 Å². The summed E-state index contributed by atoms with van der Waals surface area (Å²) in [6, 6.07) is 16.4. The minimum absolute atomic E-state index is 0.00232. The number of hydrogen-bond donors (Lipinski definition) is 2. The van der Waals surface area contributed by atoms with Crippen LogP contribution in [-0.4, -0.2) is 53.2 Å². The highest BCUT2D eigenvalue weighted by molar-refractivity contribution is 5.79. The molecule has 0 radical (unpaired) electrons. The Bertz CT molecular complexity index is 1050. The number of carboxylic acids is 1. The molecule has 186 valence electrons. The van der Waals surface area contributed by atoms with Crippen LogP contribution in [-0.2, 0) is 14.3 Å². The topological polar surface area (TPSA) is 95.9 Å². The zero-order chi connectivity index (χ0) is 25.0. The molecule has 2 amide bonds. The third-order valence-corrected chi connectivity index (χ3v) is 7.08. The van der Waals surface area contributed by atoms with Crippen LogP contribution >= 0.6 is 0 Å². The van der Waals surface area contributed by atoms with Gasteiger partial charge in [-0.1, -0.05) is 48.5 Å². The molecule has 1 aliphatic heterocycles. The first kappa shape index (κ1) is 24.8. The molecular weight excluding hydrogens is 444 g/mol. The van der Waals surface area contributed by atoms with Gasteiger partial charge in [-0.3, -0.25) is 9.59 Å². The number of carboxylic acid groups (broad SMARTS) is 1. The highest BCUT2D eigenvalue weighted by atomic mass is 16.5. The van der Waals surface area contributed by atoms with Crippen LogP contribution in [0.4, 0.5) is 4.79 Å². The SMILES string of the molecule is CC(C)(CCC(=O)N1CCCC(CC(=O)O)C1)NC(=O)OCC1c2ccccc2-c2ccccc21. The molecule has 0 saturated carbocycles. The van der Waals surface area contributed by atoms with Crippen LogP contribution in [0.2, 0.25) is 0 Å². The quantitative estimate of drug-likeness (QED) is 0.568. The van der Waals surface area contributed by atoms with Gasteiger partial charge in [0.15, 0.2) is 0 Å². The fourth-order valence-corrected chi connectivity index (χ4v) is 5.26. The summed E-state index contributed by atoms with van der Waals surface area (Å²) in [5.41, 5.74) is 4.07. The number of rotatable bonds is 8. The van der Waals surface area contributed by atoms with Gasteiger partial charge in [0.25, 0.3) is 0 Å². The van der Waals surface area contributed by atoms with E-state index < -0.39 is 17.6 Å². The van der Waals surface area contributed by atoms with E-state index in [1.807, 2.05) is 38.1 Å². The molecule has 2 aromatic carbocycles. The summed E-state index contributed by atoms with van der Waals surface area (Å²) in [6.45, 7) is 5.16. The standard InChI is InChI=1S/C28H34N2O5/c1-28(2,14-13-25(31)30-15-7-8-19(17-30)16-26(32)33)29-27(34)35-18-24-22-11-5-3-9-20(22)21-10-4-6-12-23(21)24/h3-6,9-12,19,24H,7-8,13-18H2,1-2H3,(H,29,34)(H,32,33). The van der Waals surface area contributed by atoms with Crippen LogP contribution in [0.3, 0.4) is 0 Å². The number of ether oxygens (including phenoxy) is 1. The maximum atomic E-state index is 12.7. The molecule has 1 fully saturated rings. The Morgan fingerprint density at radius 2 is 1.69 bits per heavy atom. The fourth-order valence-electron chi connectivity index (χ4n) is 5.26. The number of likely N-dealkylation sites (tertiary alicyclic amines) is 1. The van der Waals surface area contributed by atoms with Gasteiger partial charge in [-0.2, -0.15) is 0 Å². The van der Waals surface area contributed by atoms with Gasteiger partial charge in [0.1, 0.15) is 6.61 Å². The lowest BCUT2D eigenvalue weighted by Gasteiger charge is -2.33. The molecule has 7 heteroatoms. The summed E-state index contributed by atoms with van der Waals surface area (Å²) in [5, 5.41) is 12.0. The van der Waals surface area contributed by atoms with Crippen molar-refractivity contribution in [2.45, 2.75) is 57.4 Å². The molecule has 0 bridgehead atoms. The van der Waals surface area contributed by atoms with Crippen molar-refractivity contribution in [2.24, 2.45) is 5.92 Å². The average Bonchev–Trinajstić information content (AvgIpc) is 3.14. The number of aliphatic carboxylic acids is 1. The smallest absolute Gasteiger partial charge is 0.407 e. The molecule has 1 aliphatic carbocycles. The summed E-state index contributed by atoms with van der Waals surface area (Å²) in [4.78, 5) is 38.1. The highest BCUT2D eigenvalue weighted by Gasteiger charge is 2.31. The van der Waals surface area contributed by atoms with Crippen LogP contribution in [0.5, 0.6) is 0 Å². The lowest BCUT2D eigenvalue weighted by molar-refractivity contribution is -0.140. The molecule has 4 rings (SSSR count). The van der Waals surface area contributed by atoms with Gasteiger partial charge < -0.3 is 20.1 Å². The second kappa shape index (κ2) is 10.5. The highest BCUT2D eigenvalue weighted by Crippen LogP contribution is 2.44. The largest absolute Gasteiger partial charge is 0.481 e. The zero-order valence-corrected chi connectivity index (χ0v) is 20.5. The summed E-state index contributed by atoms with van der Waals surface area (Å²) in [6.07, 6.45) is 2.02. The van der Waals surface area contributed by atoms with Gasteiger partial charge in [0.2, 0.25) is 5.91 Å². The number of carbonyl (C=O) groups excluding carboxylic acids is 2. The molecule has 1 atom stereocenters. The number of nitrogens with one attached hydrogen (secondary N) is 1.